The highest BCUT2D eigenvalue weighted by Crippen LogP contribution is 2.38. The monoisotopic (exact) mass is 605 g/mol. The summed E-state index contributed by atoms with van der Waals surface area (Å²) in [7, 11) is 2.08. The molecule has 2 atom stereocenters. The minimum atomic E-state index is -1.05. The van der Waals surface area contributed by atoms with Crippen molar-refractivity contribution in [2.45, 2.75) is 31.3 Å². The smallest absolute Gasteiger partial charge is 0.320 e. The molecule has 0 bridgehead atoms. The summed E-state index contributed by atoms with van der Waals surface area (Å²) in [5.74, 6) is -1.31. The van der Waals surface area contributed by atoms with Gasteiger partial charge in [-0.1, -0.05) is 36.4 Å². The van der Waals surface area contributed by atoms with Crippen LogP contribution in [-0.4, -0.2) is 82.6 Å². The van der Waals surface area contributed by atoms with Gasteiger partial charge in [0.05, 0.1) is 34.6 Å². The van der Waals surface area contributed by atoms with E-state index in [1.165, 1.54) is 4.90 Å². The molecule has 3 aromatic heterocycles. The number of piperazine rings is 1. The molecule has 1 aromatic carbocycles. The molecule has 5 heterocycles. The van der Waals surface area contributed by atoms with E-state index in [9.17, 15) is 14.4 Å². The number of ether oxygens (including phenoxy) is 1. The van der Waals surface area contributed by atoms with Crippen LogP contribution < -0.4 is 9.64 Å². The summed E-state index contributed by atoms with van der Waals surface area (Å²) in [6.45, 7) is 5.42. The van der Waals surface area contributed by atoms with Gasteiger partial charge in [0.2, 0.25) is 0 Å². The van der Waals surface area contributed by atoms with Crippen molar-refractivity contribution in [3.8, 4) is 23.3 Å². The molecule has 0 radical (unpaired) electrons. The van der Waals surface area contributed by atoms with Crippen LogP contribution in [-0.2, 0) is 4.79 Å². The van der Waals surface area contributed by atoms with Gasteiger partial charge in [0, 0.05) is 35.9 Å². The summed E-state index contributed by atoms with van der Waals surface area (Å²) >= 11 is 8.50. The minimum absolute atomic E-state index is 0.0316. The topological polar surface area (TPSA) is 98.5 Å². The SMILES string of the molecule is C=C(F)C(=O)N1CCN(c2nc(OC[C@@H]3CCCN3C)nc3nc(-c4cccc5ccsc45)c(Cl)cc23)C[C@@H]1CC#N. The number of likely N-dealkylation sites (tertiary alicyclic amines) is 1. The molecular weight excluding hydrogens is 577 g/mol. The molecule has 0 N–H and O–H groups in total. The maximum absolute atomic E-state index is 13.8. The normalized spacial score (nSPS) is 19.4. The third kappa shape index (κ3) is 5.38. The van der Waals surface area contributed by atoms with Gasteiger partial charge in [-0.15, -0.1) is 11.3 Å². The van der Waals surface area contributed by atoms with Crippen LogP contribution in [0.2, 0.25) is 5.02 Å². The summed E-state index contributed by atoms with van der Waals surface area (Å²) in [5, 5.41) is 13.7. The lowest BCUT2D eigenvalue weighted by atomic mass is 10.1. The fraction of sp³-hybridized carbons (Fsp3) is 0.367. The average Bonchev–Trinajstić information content (AvgIpc) is 3.64. The van der Waals surface area contributed by atoms with E-state index in [-0.39, 0.29) is 31.6 Å². The lowest BCUT2D eigenvalue weighted by Crippen LogP contribution is -2.55. The summed E-state index contributed by atoms with van der Waals surface area (Å²) in [5.41, 5.74) is 1.95. The number of anilines is 1. The van der Waals surface area contributed by atoms with E-state index in [0.717, 1.165) is 35.0 Å². The lowest BCUT2D eigenvalue weighted by Gasteiger charge is -2.41. The van der Waals surface area contributed by atoms with Crippen molar-refractivity contribution in [1.82, 2.24) is 24.8 Å². The Morgan fingerprint density at radius 2 is 2.10 bits per heavy atom. The zero-order valence-electron chi connectivity index (χ0n) is 23.1. The van der Waals surface area contributed by atoms with Crippen LogP contribution in [0.25, 0.3) is 32.4 Å². The Morgan fingerprint density at radius 3 is 2.86 bits per heavy atom. The number of hydrogen-bond acceptors (Lipinski definition) is 9. The molecule has 2 aliphatic heterocycles. The van der Waals surface area contributed by atoms with E-state index >= 15 is 0 Å². The molecule has 2 fully saturated rings. The van der Waals surface area contributed by atoms with Gasteiger partial charge in [0.25, 0.3) is 5.91 Å². The van der Waals surface area contributed by atoms with E-state index < -0.39 is 17.8 Å². The van der Waals surface area contributed by atoms with Gasteiger partial charge in [-0.25, -0.2) is 9.37 Å². The van der Waals surface area contributed by atoms with E-state index in [2.05, 4.69) is 36.7 Å². The van der Waals surface area contributed by atoms with Crippen molar-refractivity contribution >= 4 is 55.8 Å². The summed E-state index contributed by atoms with van der Waals surface area (Å²) < 4.78 is 21.0. The van der Waals surface area contributed by atoms with Gasteiger partial charge in [-0.2, -0.15) is 15.2 Å². The summed E-state index contributed by atoms with van der Waals surface area (Å²) in [6, 6.07) is 11.9. The Kier molecular flexibility index (Phi) is 7.94. The van der Waals surface area contributed by atoms with Crippen LogP contribution >= 0.6 is 22.9 Å². The largest absolute Gasteiger partial charge is 0.462 e. The van der Waals surface area contributed by atoms with Crippen molar-refractivity contribution in [2.75, 3.05) is 44.7 Å². The molecule has 1 amide bonds. The predicted molar refractivity (Wildman–Crippen MR) is 163 cm³/mol. The van der Waals surface area contributed by atoms with E-state index in [1.807, 2.05) is 28.5 Å². The fourth-order valence-electron chi connectivity index (χ4n) is 5.78. The number of nitriles is 1. The Labute approximate surface area is 251 Å². The number of hydrogen-bond donors (Lipinski definition) is 0. The highest BCUT2D eigenvalue weighted by atomic mass is 35.5. The van der Waals surface area contributed by atoms with Crippen molar-refractivity contribution in [3.63, 3.8) is 0 Å². The number of fused-ring (bicyclic) bond motifs is 2. The number of likely N-dealkylation sites (N-methyl/N-ethyl adjacent to an activating group) is 1. The van der Waals surface area contributed by atoms with Gasteiger partial charge < -0.3 is 19.4 Å². The van der Waals surface area contributed by atoms with Crippen molar-refractivity contribution in [3.05, 3.63) is 53.1 Å². The molecule has 6 rings (SSSR count). The summed E-state index contributed by atoms with van der Waals surface area (Å²) in [4.78, 5) is 32.5. The van der Waals surface area contributed by atoms with Crippen LogP contribution in [0.5, 0.6) is 6.01 Å². The third-order valence-electron chi connectivity index (χ3n) is 8.01. The highest BCUT2D eigenvalue weighted by Gasteiger charge is 2.33. The molecule has 2 aliphatic rings. The number of carbonyl (C=O) groups excluding carboxylic acids is 1. The number of aromatic nitrogens is 3. The maximum Gasteiger partial charge on any atom is 0.320 e. The number of carbonyl (C=O) groups is 1. The molecule has 0 aliphatic carbocycles. The number of pyridine rings is 1. The van der Waals surface area contributed by atoms with E-state index in [4.69, 9.17) is 31.3 Å². The number of benzene rings is 1. The van der Waals surface area contributed by atoms with Crippen molar-refractivity contribution in [2.24, 2.45) is 0 Å². The standard InChI is InChI=1S/C30H29ClFN7O2S/c1-18(32)29(40)39-13-12-38(16-20(39)8-10-33)28-23-15-24(31)25(22-7-3-5-19-9-14-42-26(19)22)34-27(23)35-30(36-28)41-17-21-6-4-11-37(21)2/h3,5,7,9,14-15,20-21H,1,4,6,8,11-13,16-17H2,2H3/t20-,21-/m0/s1. The number of amides is 1. The van der Waals surface area contributed by atoms with Crippen molar-refractivity contribution < 1.29 is 13.9 Å². The molecule has 0 unspecified atom stereocenters. The van der Waals surface area contributed by atoms with Crippen LogP contribution in [0.3, 0.4) is 0 Å². The number of nitrogens with zero attached hydrogens (tertiary/aromatic N) is 7. The molecular formula is C30H29ClFN7O2S. The molecule has 4 aromatic rings. The number of halogens is 2. The Balaban J connectivity index is 1.42. The first-order chi connectivity index (χ1) is 20.3. The first kappa shape index (κ1) is 28.3. The maximum atomic E-state index is 13.8. The molecule has 0 saturated carbocycles. The second-order valence-corrected chi connectivity index (χ2v) is 11.9. The Bertz CT molecular complexity index is 1720. The van der Waals surface area contributed by atoms with Gasteiger partial charge >= 0.3 is 6.01 Å². The highest BCUT2D eigenvalue weighted by molar-refractivity contribution is 7.17. The predicted octanol–water partition coefficient (Wildman–Crippen LogP) is 5.45. The zero-order valence-corrected chi connectivity index (χ0v) is 24.7. The second kappa shape index (κ2) is 11.8. The van der Waals surface area contributed by atoms with Crippen molar-refractivity contribution in [1.29, 1.82) is 5.26 Å². The molecule has 2 saturated heterocycles. The van der Waals surface area contributed by atoms with Crippen LogP contribution in [0.4, 0.5) is 10.2 Å². The average molecular weight is 606 g/mol. The van der Waals surface area contributed by atoms with Gasteiger partial charge in [0.1, 0.15) is 12.4 Å². The van der Waals surface area contributed by atoms with Gasteiger partial charge in [-0.3, -0.25) is 4.79 Å². The zero-order chi connectivity index (χ0) is 29.4. The summed E-state index contributed by atoms with van der Waals surface area (Å²) in [6.07, 6.45) is 2.18. The number of thiophene rings is 1. The van der Waals surface area contributed by atoms with E-state index in [0.29, 0.717) is 40.7 Å². The Hall–Kier alpha value is -3.85. The van der Waals surface area contributed by atoms with Crippen LogP contribution in [0.1, 0.15) is 19.3 Å². The fourth-order valence-corrected chi connectivity index (χ4v) is 6.95. The Morgan fingerprint density at radius 1 is 1.24 bits per heavy atom. The number of rotatable bonds is 7. The van der Waals surface area contributed by atoms with Crippen LogP contribution in [0.15, 0.2) is 48.1 Å². The quantitative estimate of drug-likeness (QED) is 0.257. The first-order valence-corrected chi connectivity index (χ1v) is 15.0. The first-order valence-electron chi connectivity index (χ1n) is 13.8. The molecule has 9 nitrogen and oxygen atoms in total. The second-order valence-electron chi connectivity index (χ2n) is 10.6. The lowest BCUT2D eigenvalue weighted by molar-refractivity contribution is -0.131. The van der Waals surface area contributed by atoms with Crippen LogP contribution in [0, 0.1) is 11.3 Å². The third-order valence-corrected chi connectivity index (χ3v) is 9.26. The molecule has 42 heavy (non-hydrogen) atoms. The van der Waals surface area contributed by atoms with Gasteiger partial charge in [-0.05, 0) is 49.3 Å². The molecule has 12 heteroatoms. The minimum Gasteiger partial charge on any atom is -0.462 e. The molecule has 0 spiro atoms. The molecule has 216 valence electrons. The van der Waals surface area contributed by atoms with E-state index in [1.54, 1.807) is 11.3 Å². The van der Waals surface area contributed by atoms with Gasteiger partial charge in [0.15, 0.2) is 11.5 Å².